The lowest BCUT2D eigenvalue weighted by atomic mass is 10.4. The van der Waals surface area contributed by atoms with Gasteiger partial charge in [0.2, 0.25) is 6.17 Å². The van der Waals surface area contributed by atoms with Gasteiger partial charge in [0.05, 0.1) is 7.11 Å². The topological polar surface area (TPSA) is 52.3 Å². The van der Waals surface area contributed by atoms with Crippen LogP contribution in [0.3, 0.4) is 0 Å². The number of carbonyl (C=O) groups excluding carboxylic acids is 1. The van der Waals surface area contributed by atoms with Crippen molar-refractivity contribution in [1.82, 2.24) is 0 Å². The second-order valence-electron chi connectivity index (χ2n) is 1.23. The summed E-state index contributed by atoms with van der Waals surface area (Å²) in [6.45, 7) is -0.313. The van der Waals surface area contributed by atoms with Crippen molar-refractivity contribution in [3.05, 3.63) is 0 Å². The highest BCUT2D eigenvalue weighted by Crippen LogP contribution is 1.88. The van der Waals surface area contributed by atoms with Crippen molar-refractivity contribution in [1.29, 1.82) is 0 Å². The molecule has 0 amide bonds. The number of esters is 1. The van der Waals surface area contributed by atoms with Crippen LogP contribution < -0.4 is 5.73 Å². The van der Waals surface area contributed by atoms with E-state index in [0.29, 0.717) is 0 Å². The van der Waals surface area contributed by atoms with Gasteiger partial charge in [-0.25, -0.2) is 9.18 Å². The average Bonchev–Trinajstić information content (AvgIpc) is 1.84. The third-order valence-corrected chi connectivity index (χ3v) is 0.664. The van der Waals surface area contributed by atoms with E-state index in [9.17, 15) is 9.18 Å². The summed E-state index contributed by atoms with van der Waals surface area (Å²) in [5.74, 6) is -0.910. The molecule has 0 aromatic rings. The van der Waals surface area contributed by atoms with E-state index in [1.165, 1.54) is 0 Å². The Bertz CT molecular complexity index is 90.6. The van der Waals surface area contributed by atoms with Crippen LogP contribution in [0.25, 0.3) is 0 Å². The Morgan fingerprint density at radius 3 is 2.44 bits per heavy atom. The second-order valence-corrected chi connectivity index (χ2v) is 1.23. The van der Waals surface area contributed by atoms with Crippen LogP contribution in [0, 0.1) is 0 Å². The highest BCUT2D eigenvalue weighted by molar-refractivity contribution is 5.85. The number of alkyl halides is 1. The number of ether oxygens (including phenoxy) is 1. The molecule has 0 aromatic heterocycles. The number of methoxy groups -OCH3 is 1. The lowest BCUT2D eigenvalue weighted by Crippen LogP contribution is -2.25. The number of carbonyl (C=O) groups is 1. The first kappa shape index (κ1) is 11.4. The summed E-state index contributed by atoms with van der Waals surface area (Å²) < 4.78 is 15.9. The van der Waals surface area contributed by atoms with Crippen molar-refractivity contribution in [2.45, 2.75) is 6.17 Å². The van der Waals surface area contributed by atoms with Crippen molar-refractivity contribution in [3.63, 3.8) is 0 Å². The number of hydrogen-bond acceptors (Lipinski definition) is 3. The van der Waals surface area contributed by atoms with E-state index in [1.807, 2.05) is 0 Å². The van der Waals surface area contributed by atoms with Crippen molar-refractivity contribution in [2.75, 3.05) is 13.7 Å². The molecular weight excluding hydrogens is 148 g/mol. The summed E-state index contributed by atoms with van der Waals surface area (Å²) in [6.07, 6.45) is -1.67. The normalized spacial score (nSPS) is 11.4. The van der Waals surface area contributed by atoms with E-state index in [-0.39, 0.29) is 19.0 Å². The zero-order chi connectivity index (χ0) is 6.57. The molecule has 5 heteroatoms. The lowest BCUT2D eigenvalue weighted by Gasteiger charge is -1.99. The quantitative estimate of drug-likeness (QED) is 0.569. The smallest absolute Gasteiger partial charge is 0.341 e. The SMILES string of the molecule is COC(=O)C(F)CN.Cl. The van der Waals surface area contributed by atoms with E-state index in [4.69, 9.17) is 5.73 Å². The number of rotatable bonds is 2. The summed E-state index contributed by atoms with van der Waals surface area (Å²) in [5.41, 5.74) is 4.77. The van der Waals surface area contributed by atoms with E-state index >= 15 is 0 Å². The molecule has 0 bridgehead atoms. The van der Waals surface area contributed by atoms with Gasteiger partial charge in [-0.15, -0.1) is 12.4 Å². The molecule has 1 atom stereocenters. The second kappa shape index (κ2) is 5.78. The Morgan fingerprint density at radius 1 is 1.89 bits per heavy atom. The Morgan fingerprint density at radius 2 is 2.33 bits per heavy atom. The van der Waals surface area contributed by atoms with Crippen molar-refractivity contribution in [3.8, 4) is 0 Å². The monoisotopic (exact) mass is 157 g/mol. The van der Waals surface area contributed by atoms with Crippen LogP contribution in [-0.2, 0) is 9.53 Å². The fraction of sp³-hybridized carbons (Fsp3) is 0.750. The maximum atomic E-state index is 11.9. The zero-order valence-corrected chi connectivity index (χ0v) is 5.78. The molecule has 1 unspecified atom stereocenters. The van der Waals surface area contributed by atoms with Gasteiger partial charge in [0.1, 0.15) is 0 Å². The van der Waals surface area contributed by atoms with Crippen LogP contribution in [0.5, 0.6) is 0 Å². The minimum atomic E-state index is -1.67. The molecule has 0 aromatic carbocycles. The van der Waals surface area contributed by atoms with Crippen LogP contribution in [0.4, 0.5) is 4.39 Å². The van der Waals surface area contributed by atoms with Crippen LogP contribution in [-0.4, -0.2) is 25.8 Å². The first-order valence-electron chi connectivity index (χ1n) is 2.14. The molecule has 0 fully saturated rings. The summed E-state index contributed by atoms with van der Waals surface area (Å²) in [6, 6.07) is 0. The largest absolute Gasteiger partial charge is 0.467 e. The highest BCUT2D eigenvalue weighted by atomic mass is 35.5. The molecule has 3 nitrogen and oxygen atoms in total. The van der Waals surface area contributed by atoms with Crippen LogP contribution >= 0.6 is 12.4 Å². The van der Waals surface area contributed by atoms with E-state index in [2.05, 4.69) is 4.74 Å². The van der Waals surface area contributed by atoms with Crippen molar-refractivity contribution >= 4 is 18.4 Å². The third kappa shape index (κ3) is 4.17. The first-order valence-corrected chi connectivity index (χ1v) is 2.14. The van der Waals surface area contributed by atoms with Gasteiger partial charge >= 0.3 is 5.97 Å². The van der Waals surface area contributed by atoms with E-state index in [0.717, 1.165) is 7.11 Å². The highest BCUT2D eigenvalue weighted by Gasteiger charge is 2.13. The lowest BCUT2D eigenvalue weighted by molar-refractivity contribution is -0.146. The Hall–Kier alpha value is -0.350. The third-order valence-electron chi connectivity index (χ3n) is 0.664. The molecule has 0 radical (unpaired) electrons. The van der Waals surface area contributed by atoms with Gasteiger partial charge in [-0.2, -0.15) is 0 Å². The maximum absolute atomic E-state index is 11.9. The molecule has 0 saturated heterocycles. The van der Waals surface area contributed by atoms with Crippen LogP contribution in [0.1, 0.15) is 0 Å². The molecule has 0 aliphatic carbocycles. The molecule has 56 valence electrons. The molecular formula is C4H9ClFNO2. The Labute approximate surface area is 58.8 Å². The molecule has 0 spiro atoms. The molecule has 9 heavy (non-hydrogen) atoms. The van der Waals surface area contributed by atoms with E-state index in [1.54, 1.807) is 0 Å². The molecule has 0 aliphatic heterocycles. The van der Waals surface area contributed by atoms with Crippen LogP contribution in [0.15, 0.2) is 0 Å². The zero-order valence-electron chi connectivity index (χ0n) is 4.96. The van der Waals surface area contributed by atoms with Gasteiger partial charge in [-0.1, -0.05) is 0 Å². The first-order chi connectivity index (χ1) is 3.72. The summed E-state index contributed by atoms with van der Waals surface area (Å²) >= 11 is 0. The number of halogens is 2. The van der Waals surface area contributed by atoms with Gasteiger partial charge in [0, 0.05) is 6.54 Å². The fourth-order valence-corrected chi connectivity index (χ4v) is 0.224. The molecule has 0 saturated carbocycles. The predicted octanol–water partition coefficient (Wildman–Crippen LogP) is -0.122. The predicted molar refractivity (Wildman–Crippen MR) is 33.2 cm³/mol. The fourth-order valence-electron chi connectivity index (χ4n) is 0.224. The van der Waals surface area contributed by atoms with Crippen molar-refractivity contribution in [2.24, 2.45) is 5.73 Å². The number of hydrogen-bond donors (Lipinski definition) is 1. The van der Waals surface area contributed by atoms with Gasteiger partial charge < -0.3 is 10.5 Å². The van der Waals surface area contributed by atoms with E-state index < -0.39 is 12.1 Å². The Kier molecular flexibility index (Phi) is 7.35. The minimum absolute atomic E-state index is 0. The summed E-state index contributed by atoms with van der Waals surface area (Å²) in [4.78, 5) is 10.1. The molecule has 0 rings (SSSR count). The average molecular weight is 158 g/mol. The van der Waals surface area contributed by atoms with Gasteiger partial charge in [-0.3, -0.25) is 0 Å². The van der Waals surface area contributed by atoms with Crippen LogP contribution in [0.2, 0.25) is 0 Å². The van der Waals surface area contributed by atoms with Crippen molar-refractivity contribution < 1.29 is 13.9 Å². The van der Waals surface area contributed by atoms with Gasteiger partial charge in [-0.05, 0) is 0 Å². The number of nitrogens with two attached hydrogens (primary N) is 1. The summed E-state index contributed by atoms with van der Waals surface area (Å²) in [7, 11) is 1.12. The standard InChI is InChI=1S/C4H8FNO2.ClH/c1-8-4(7)3(5)2-6;/h3H,2,6H2,1H3;1H. The molecule has 0 aliphatic rings. The van der Waals surface area contributed by atoms with Gasteiger partial charge in [0.15, 0.2) is 0 Å². The Balaban J connectivity index is 0. The van der Waals surface area contributed by atoms with Gasteiger partial charge in [0.25, 0.3) is 0 Å². The summed E-state index contributed by atoms with van der Waals surface area (Å²) in [5, 5.41) is 0. The maximum Gasteiger partial charge on any atom is 0.341 e. The minimum Gasteiger partial charge on any atom is -0.467 e. The molecule has 2 N–H and O–H groups in total. The molecule has 0 heterocycles.